The summed E-state index contributed by atoms with van der Waals surface area (Å²) in [4.78, 5) is 4.44. The minimum atomic E-state index is 1.51. The Bertz CT molecular complexity index is 79.0. The summed E-state index contributed by atoms with van der Waals surface area (Å²) in [6, 6.07) is 0. The Labute approximate surface area is 58.6 Å². The van der Waals surface area contributed by atoms with Crippen LogP contribution in [0.2, 0.25) is 0 Å². The number of hydrogen-bond acceptors (Lipinski definition) is 7. The van der Waals surface area contributed by atoms with E-state index < -0.39 is 0 Å². The normalized spacial score (nSPS) is 10.8. The summed E-state index contributed by atoms with van der Waals surface area (Å²) < 4.78 is 0. The molecule has 1 rings (SSSR count). The summed E-state index contributed by atoms with van der Waals surface area (Å²) in [6.07, 6.45) is 4.80. The Hall–Kier alpha value is -1.15. The third-order valence-corrected chi connectivity index (χ3v) is 0.413. The molecule has 1 aliphatic rings. The molecule has 0 aromatic carbocycles. The van der Waals surface area contributed by atoms with Gasteiger partial charge in [0.25, 0.3) is 0 Å². The molecular formula is C3H12N6O. The van der Waals surface area contributed by atoms with Gasteiger partial charge < -0.3 is 4.84 Å². The molecule has 9 N–H and O–H groups in total. The van der Waals surface area contributed by atoms with Crippen molar-refractivity contribution in [3.63, 3.8) is 0 Å². The summed E-state index contributed by atoms with van der Waals surface area (Å²) in [5, 5.41) is 3.49. The number of hydrazine groups is 2. The second-order valence-corrected chi connectivity index (χ2v) is 0.816. The van der Waals surface area contributed by atoms with Gasteiger partial charge in [0, 0.05) is 0 Å². The largest absolute Gasteiger partial charge is 0.373 e. The molecule has 0 aliphatic carbocycles. The summed E-state index contributed by atoms with van der Waals surface area (Å²) in [5.74, 6) is 16.0. The molecule has 7 heteroatoms. The van der Waals surface area contributed by atoms with Crippen LogP contribution in [0.25, 0.3) is 0 Å². The zero-order chi connectivity index (χ0) is 8.24. The number of hydrazone groups is 1. The molecule has 1 heterocycles. The molecule has 0 saturated carbocycles. The van der Waals surface area contributed by atoms with Gasteiger partial charge in [-0.2, -0.15) is 5.10 Å². The number of rotatable bonds is 0. The highest BCUT2D eigenvalue weighted by atomic mass is 16.7. The van der Waals surface area contributed by atoms with Gasteiger partial charge in [-0.05, 0) is 6.08 Å². The van der Waals surface area contributed by atoms with Gasteiger partial charge in [-0.15, -0.1) is 5.59 Å². The molecule has 0 atom stereocenters. The molecule has 7 nitrogen and oxygen atoms in total. The monoisotopic (exact) mass is 148 g/mol. The average molecular weight is 148 g/mol. The van der Waals surface area contributed by atoms with Gasteiger partial charge >= 0.3 is 0 Å². The summed E-state index contributed by atoms with van der Waals surface area (Å²) in [5.41, 5.74) is 2.27. The van der Waals surface area contributed by atoms with Crippen LogP contribution in [0.1, 0.15) is 0 Å². The lowest BCUT2D eigenvalue weighted by atomic mass is 10.7. The Morgan fingerprint density at radius 2 is 1.80 bits per heavy atom. The first kappa shape index (κ1) is 11.6. The van der Waals surface area contributed by atoms with Crippen molar-refractivity contribution >= 4 is 6.21 Å². The van der Waals surface area contributed by atoms with Crippen molar-refractivity contribution in [1.29, 1.82) is 0 Å². The van der Waals surface area contributed by atoms with Crippen molar-refractivity contribution < 1.29 is 4.84 Å². The maximum atomic E-state index is 4.44. The fraction of sp³-hybridized carbons (Fsp3) is 0. The number of hydrogen-bond donors (Lipinski definition) is 5. The van der Waals surface area contributed by atoms with Crippen molar-refractivity contribution in [1.82, 2.24) is 5.59 Å². The second-order valence-electron chi connectivity index (χ2n) is 0.816. The Morgan fingerprint density at radius 1 is 1.20 bits per heavy atom. The second kappa shape index (κ2) is 15.7. The van der Waals surface area contributed by atoms with Crippen LogP contribution < -0.4 is 29.0 Å². The zero-order valence-electron chi connectivity index (χ0n) is 5.40. The molecule has 0 spiro atoms. The first-order valence-electron chi connectivity index (χ1n) is 2.25. The van der Waals surface area contributed by atoms with Crippen LogP contribution in [0.4, 0.5) is 0 Å². The molecule has 60 valence electrons. The predicted octanol–water partition coefficient (Wildman–Crippen LogP) is -2.34. The third kappa shape index (κ3) is 9.97. The van der Waals surface area contributed by atoms with Crippen LogP contribution in [-0.2, 0) is 4.84 Å². The lowest BCUT2D eigenvalue weighted by Gasteiger charge is -1.96. The zero-order valence-corrected chi connectivity index (χ0v) is 5.40. The van der Waals surface area contributed by atoms with E-state index in [0.717, 1.165) is 0 Å². The van der Waals surface area contributed by atoms with Gasteiger partial charge in [-0.25, -0.2) is 0 Å². The predicted molar refractivity (Wildman–Crippen MR) is 38.6 cm³/mol. The van der Waals surface area contributed by atoms with Gasteiger partial charge in [0.15, 0.2) is 0 Å². The van der Waals surface area contributed by atoms with Gasteiger partial charge in [-0.3, -0.25) is 23.4 Å². The van der Waals surface area contributed by atoms with Crippen LogP contribution >= 0.6 is 0 Å². The average Bonchev–Trinajstić information content (AvgIpc) is 2.14. The van der Waals surface area contributed by atoms with Crippen LogP contribution in [0.3, 0.4) is 0 Å². The highest BCUT2D eigenvalue weighted by molar-refractivity contribution is 5.70. The van der Waals surface area contributed by atoms with E-state index >= 15 is 0 Å². The van der Waals surface area contributed by atoms with E-state index in [1.165, 1.54) is 6.26 Å². The highest BCUT2D eigenvalue weighted by Crippen LogP contribution is 1.74. The molecule has 10 heavy (non-hydrogen) atoms. The number of nitrogens with one attached hydrogen (secondary N) is 1. The van der Waals surface area contributed by atoms with Crippen molar-refractivity contribution in [2.24, 2.45) is 28.5 Å². The van der Waals surface area contributed by atoms with E-state index in [9.17, 15) is 0 Å². The third-order valence-electron chi connectivity index (χ3n) is 0.413. The first-order valence-corrected chi connectivity index (χ1v) is 2.25. The number of nitrogens with zero attached hydrogens (tertiary/aromatic N) is 1. The summed E-state index contributed by atoms with van der Waals surface area (Å²) in [7, 11) is 0. The highest BCUT2D eigenvalue weighted by Gasteiger charge is 1.73. The van der Waals surface area contributed by atoms with Gasteiger partial charge in [0.2, 0.25) is 0 Å². The molecule has 0 amide bonds. The summed E-state index contributed by atoms with van der Waals surface area (Å²) in [6.45, 7) is 0. The van der Waals surface area contributed by atoms with Crippen LogP contribution in [0.5, 0.6) is 0 Å². The van der Waals surface area contributed by atoms with E-state index in [1.807, 2.05) is 0 Å². The molecule has 0 aromatic heterocycles. The van der Waals surface area contributed by atoms with Crippen molar-refractivity contribution in [2.45, 2.75) is 0 Å². The van der Waals surface area contributed by atoms with Crippen LogP contribution in [0, 0.1) is 0 Å². The molecule has 0 radical (unpaired) electrons. The van der Waals surface area contributed by atoms with Crippen molar-refractivity contribution in [3.8, 4) is 0 Å². The van der Waals surface area contributed by atoms with Crippen LogP contribution in [-0.4, -0.2) is 6.21 Å². The smallest absolute Gasteiger partial charge is 0.122 e. The summed E-state index contributed by atoms with van der Waals surface area (Å²) >= 11 is 0. The molecule has 0 saturated heterocycles. The minimum Gasteiger partial charge on any atom is -0.373 e. The fourth-order valence-electron chi connectivity index (χ4n) is 0.209. The van der Waals surface area contributed by atoms with Gasteiger partial charge in [-0.1, -0.05) is 0 Å². The lowest BCUT2D eigenvalue weighted by molar-refractivity contribution is 0.136. The maximum absolute atomic E-state index is 4.44. The number of allylic oxidation sites excluding steroid dienone is 1. The molecule has 0 aromatic rings. The molecule has 0 bridgehead atoms. The topological polar surface area (TPSA) is 138 Å². The Kier molecular flexibility index (Phi) is 18.2. The molecular weight excluding hydrogens is 136 g/mol. The fourth-order valence-corrected chi connectivity index (χ4v) is 0.209. The van der Waals surface area contributed by atoms with E-state index in [4.69, 9.17) is 0 Å². The SMILES string of the molecule is C1=CONN=C1.NN.NN. The molecule has 1 aliphatic heterocycles. The van der Waals surface area contributed by atoms with E-state index in [1.54, 1.807) is 12.3 Å². The Morgan fingerprint density at radius 3 is 1.90 bits per heavy atom. The van der Waals surface area contributed by atoms with Crippen molar-refractivity contribution in [3.05, 3.63) is 12.3 Å². The standard InChI is InChI=1S/C3H4N2O.2H4N2/c1-2-4-5-6-3-1;2*1-2/h1-3,5H;2*1-2H2. The Balaban J connectivity index is 0. The lowest BCUT2D eigenvalue weighted by Crippen LogP contribution is -2.03. The maximum Gasteiger partial charge on any atom is 0.122 e. The van der Waals surface area contributed by atoms with Crippen molar-refractivity contribution in [2.75, 3.05) is 0 Å². The first-order chi connectivity index (χ1) is 5.00. The van der Waals surface area contributed by atoms with Gasteiger partial charge in [0.1, 0.15) is 6.26 Å². The van der Waals surface area contributed by atoms with E-state index in [0.29, 0.717) is 0 Å². The van der Waals surface area contributed by atoms with Crippen LogP contribution in [0.15, 0.2) is 17.4 Å². The quantitative estimate of drug-likeness (QED) is 0.193. The van der Waals surface area contributed by atoms with E-state index in [2.05, 4.69) is 38.9 Å². The molecule has 0 unspecified atom stereocenters. The van der Waals surface area contributed by atoms with E-state index in [-0.39, 0.29) is 0 Å². The van der Waals surface area contributed by atoms with Gasteiger partial charge in [0.05, 0.1) is 6.21 Å². The minimum absolute atomic E-state index is 1.51. The molecule has 0 fully saturated rings. The number of nitrogens with two attached hydrogens (primary N) is 4.